The third-order valence-electron chi connectivity index (χ3n) is 4.36. The maximum Gasteiger partial charge on any atom is 0.305 e. The second kappa shape index (κ2) is 6.81. The summed E-state index contributed by atoms with van der Waals surface area (Å²) in [6, 6.07) is 14.5. The summed E-state index contributed by atoms with van der Waals surface area (Å²) in [7, 11) is 0. The highest BCUT2D eigenvalue weighted by atomic mass is 16.4. The Morgan fingerprint density at radius 1 is 1.08 bits per heavy atom. The number of amides is 1. The minimum absolute atomic E-state index is 0.171. The predicted molar refractivity (Wildman–Crippen MR) is 96.7 cm³/mol. The Labute approximate surface area is 145 Å². The molecule has 1 aromatic heterocycles. The number of fused-ring (bicyclic) bond motifs is 1. The number of para-hydroxylation sites is 1. The fourth-order valence-corrected chi connectivity index (χ4v) is 3.06. The third-order valence-corrected chi connectivity index (χ3v) is 4.36. The Hall–Kier alpha value is -3.08. The van der Waals surface area contributed by atoms with E-state index in [2.05, 4.69) is 10.3 Å². The SMILES string of the molecule is Cc1ccccc1C(CC(=O)O)NC(=O)c1cc2cccc(C)c2[nH]1. The highest BCUT2D eigenvalue weighted by Gasteiger charge is 2.21. The second-order valence-electron chi connectivity index (χ2n) is 6.20. The van der Waals surface area contributed by atoms with Crippen molar-refractivity contribution < 1.29 is 14.7 Å². The van der Waals surface area contributed by atoms with E-state index in [1.807, 2.05) is 56.3 Å². The molecule has 0 saturated carbocycles. The van der Waals surface area contributed by atoms with Gasteiger partial charge in [0.05, 0.1) is 12.5 Å². The van der Waals surface area contributed by atoms with Gasteiger partial charge in [0.1, 0.15) is 5.69 Å². The van der Waals surface area contributed by atoms with Crippen LogP contribution in [-0.4, -0.2) is 22.0 Å². The molecule has 1 unspecified atom stereocenters. The molecule has 3 aromatic rings. The van der Waals surface area contributed by atoms with Crippen LogP contribution in [0, 0.1) is 13.8 Å². The fourth-order valence-electron chi connectivity index (χ4n) is 3.06. The number of aryl methyl sites for hydroxylation is 2. The number of carboxylic acid groups (broad SMARTS) is 1. The molecule has 0 aliphatic rings. The molecule has 5 heteroatoms. The maximum atomic E-state index is 12.7. The molecule has 3 N–H and O–H groups in total. The minimum atomic E-state index is -0.957. The lowest BCUT2D eigenvalue weighted by Gasteiger charge is -2.19. The number of carbonyl (C=O) groups excluding carboxylic acids is 1. The van der Waals surface area contributed by atoms with Crippen molar-refractivity contribution in [2.75, 3.05) is 0 Å². The van der Waals surface area contributed by atoms with E-state index in [4.69, 9.17) is 0 Å². The van der Waals surface area contributed by atoms with E-state index in [1.54, 1.807) is 6.07 Å². The number of aliphatic carboxylic acids is 1. The van der Waals surface area contributed by atoms with Gasteiger partial charge in [-0.3, -0.25) is 9.59 Å². The molecule has 1 amide bonds. The van der Waals surface area contributed by atoms with Crippen molar-refractivity contribution in [2.24, 2.45) is 0 Å². The summed E-state index contributed by atoms with van der Waals surface area (Å²) in [5.41, 5.74) is 4.15. The van der Waals surface area contributed by atoms with E-state index < -0.39 is 12.0 Å². The van der Waals surface area contributed by atoms with Crippen molar-refractivity contribution in [3.63, 3.8) is 0 Å². The van der Waals surface area contributed by atoms with Gasteiger partial charge in [0.2, 0.25) is 0 Å². The number of hydrogen-bond acceptors (Lipinski definition) is 2. The first-order chi connectivity index (χ1) is 12.0. The van der Waals surface area contributed by atoms with E-state index in [-0.39, 0.29) is 12.3 Å². The Bertz CT molecular complexity index is 943. The molecule has 1 heterocycles. The van der Waals surface area contributed by atoms with Crippen LogP contribution in [0.2, 0.25) is 0 Å². The van der Waals surface area contributed by atoms with Gasteiger partial charge in [-0.1, -0.05) is 42.5 Å². The summed E-state index contributed by atoms with van der Waals surface area (Å²) in [6.07, 6.45) is -0.171. The molecule has 0 bridgehead atoms. The topological polar surface area (TPSA) is 82.2 Å². The van der Waals surface area contributed by atoms with Crippen LogP contribution in [0.25, 0.3) is 10.9 Å². The number of carbonyl (C=O) groups is 2. The normalized spacial score (nSPS) is 12.1. The highest BCUT2D eigenvalue weighted by molar-refractivity contribution is 5.99. The van der Waals surface area contributed by atoms with Crippen molar-refractivity contribution >= 4 is 22.8 Å². The predicted octanol–water partition coefficient (Wildman–Crippen LogP) is 3.73. The van der Waals surface area contributed by atoms with Gasteiger partial charge in [-0.05, 0) is 36.6 Å². The van der Waals surface area contributed by atoms with Crippen molar-refractivity contribution in [2.45, 2.75) is 26.3 Å². The van der Waals surface area contributed by atoms with E-state index in [9.17, 15) is 14.7 Å². The van der Waals surface area contributed by atoms with E-state index in [0.717, 1.165) is 27.6 Å². The summed E-state index contributed by atoms with van der Waals surface area (Å²) in [6.45, 7) is 3.88. The zero-order valence-corrected chi connectivity index (χ0v) is 14.2. The monoisotopic (exact) mass is 336 g/mol. The Balaban J connectivity index is 1.90. The van der Waals surface area contributed by atoms with Crippen LogP contribution in [0.3, 0.4) is 0 Å². The fraction of sp³-hybridized carbons (Fsp3) is 0.200. The minimum Gasteiger partial charge on any atom is -0.481 e. The van der Waals surface area contributed by atoms with Gasteiger partial charge in [0.15, 0.2) is 0 Å². The van der Waals surface area contributed by atoms with Gasteiger partial charge in [0.25, 0.3) is 5.91 Å². The molecule has 0 saturated heterocycles. The standard InChI is InChI=1S/C20H20N2O3/c1-12-6-3-4-9-15(12)16(11-18(23)24)22-20(25)17-10-14-8-5-7-13(2)19(14)21-17/h3-10,16,21H,11H2,1-2H3,(H,22,25)(H,23,24). The molecular weight excluding hydrogens is 316 g/mol. The van der Waals surface area contributed by atoms with Crippen LogP contribution in [0.15, 0.2) is 48.5 Å². The molecule has 2 aromatic carbocycles. The molecule has 0 fully saturated rings. The molecule has 0 spiro atoms. The number of hydrogen-bond donors (Lipinski definition) is 3. The van der Waals surface area contributed by atoms with Gasteiger partial charge in [-0.2, -0.15) is 0 Å². The summed E-state index contributed by atoms with van der Waals surface area (Å²) < 4.78 is 0. The van der Waals surface area contributed by atoms with Crippen LogP contribution < -0.4 is 5.32 Å². The van der Waals surface area contributed by atoms with Crippen LogP contribution in [0.5, 0.6) is 0 Å². The second-order valence-corrected chi connectivity index (χ2v) is 6.20. The highest BCUT2D eigenvalue weighted by Crippen LogP contribution is 2.23. The van der Waals surface area contributed by atoms with Crippen molar-refractivity contribution in [3.8, 4) is 0 Å². The Morgan fingerprint density at radius 2 is 1.80 bits per heavy atom. The molecule has 0 radical (unpaired) electrons. The quantitative estimate of drug-likeness (QED) is 0.664. The average Bonchev–Trinajstić information content (AvgIpc) is 3.00. The molecule has 1 atom stereocenters. The number of carboxylic acids is 1. The van der Waals surface area contributed by atoms with E-state index in [1.165, 1.54) is 0 Å². The summed E-state index contributed by atoms with van der Waals surface area (Å²) in [4.78, 5) is 27.0. The molecule has 3 rings (SSSR count). The number of nitrogens with one attached hydrogen (secondary N) is 2. The third kappa shape index (κ3) is 3.55. The number of benzene rings is 2. The summed E-state index contributed by atoms with van der Waals surface area (Å²) in [5.74, 6) is -1.27. The molecule has 5 nitrogen and oxygen atoms in total. The van der Waals surface area contributed by atoms with Crippen LogP contribution in [0.4, 0.5) is 0 Å². The van der Waals surface area contributed by atoms with Gasteiger partial charge >= 0.3 is 5.97 Å². The number of H-pyrrole nitrogens is 1. The number of aromatic amines is 1. The first kappa shape index (κ1) is 16.8. The van der Waals surface area contributed by atoms with Crippen LogP contribution >= 0.6 is 0 Å². The lowest BCUT2D eigenvalue weighted by atomic mass is 9.98. The summed E-state index contributed by atoms with van der Waals surface area (Å²) in [5, 5.41) is 13.0. The van der Waals surface area contributed by atoms with Gasteiger partial charge in [-0.25, -0.2) is 0 Å². The molecule has 25 heavy (non-hydrogen) atoms. The number of rotatable bonds is 5. The Kier molecular flexibility index (Phi) is 4.57. The van der Waals surface area contributed by atoms with Crippen molar-refractivity contribution in [1.29, 1.82) is 0 Å². The molecule has 128 valence electrons. The Morgan fingerprint density at radius 3 is 2.48 bits per heavy atom. The zero-order valence-electron chi connectivity index (χ0n) is 14.2. The average molecular weight is 336 g/mol. The molecule has 0 aliphatic carbocycles. The first-order valence-electron chi connectivity index (χ1n) is 8.12. The maximum absolute atomic E-state index is 12.7. The van der Waals surface area contributed by atoms with Gasteiger partial charge in [-0.15, -0.1) is 0 Å². The van der Waals surface area contributed by atoms with E-state index in [0.29, 0.717) is 5.69 Å². The lowest BCUT2D eigenvalue weighted by Crippen LogP contribution is -2.30. The summed E-state index contributed by atoms with van der Waals surface area (Å²) >= 11 is 0. The van der Waals surface area contributed by atoms with Crippen LogP contribution in [-0.2, 0) is 4.79 Å². The lowest BCUT2D eigenvalue weighted by molar-refractivity contribution is -0.137. The van der Waals surface area contributed by atoms with Gasteiger partial charge in [0, 0.05) is 10.9 Å². The zero-order chi connectivity index (χ0) is 18.0. The van der Waals surface area contributed by atoms with Crippen molar-refractivity contribution in [1.82, 2.24) is 10.3 Å². The van der Waals surface area contributed by atoms with Gasteiger partial charge < -0.3 is 15.4 Å². The smallest absolute Gasteiger partial charge is 0.305 e. The first-order valence-corrected chi connectivity index (χ1v) is 8.12. The van der Waals surface area contributed by atoms with Crippen molar-refractivity contribution in [3.05, 3.63) is 70.9 Å². The molecular formula is C20H20N2O3. The van der Waals surface area contributed by atoms with E-state index >= 15 is 0 Å². The number of aromatic nitrogens is 1. The van der Waals surface area contributed by atoms with Crippen LogP contribution in [0.1, 0.15) is 39.6 Å². The molecule has 0 aliphatic heterocycles. The largest absolute Gasteiger partial charge is 0.481 e.